The van der Waals surface area contributed by atoms with Crippen LogP contribution in [0.1, 0.15) is 59.3 Å². The van der Waals surface area contributed by atoms with Crippen LogP contribution in [0.4, 0.5) is 5.82 Å². The van der Waals surface area contributed by atoms with Crippen LogP contribution in [-0.2, 0) is 6.54 Å². The van der Waals surface area contributed by atoms with Crippen LogP contribution in [0.2, 0.25) is 0 Å². The third-order valence-corrected chi connectivity index (χ3v) is 5.92. The van der Waals surface area contributed by atoms with E-state index in [1.54, 1.807) is 9.47 Å². The predicted octanol–water partition coefficient (Wildman–Crippen LogP) is 1.36. The van der Waals surface area contributed by atoms with Crippen molar-refractivity contribution in [1.82, 2.24) is 19.5 Å². The first-order valence-electron chi connectivity index (χ1n) is 10.7. The summed E-state index contributed by atoms with van der Waals surface area (Å²) in [4.78, 5) is 25.5. The summed E-state index contributed by atoms with van der Waals surface area (Å²) in [5, 5.41) is 0. The maximum Gasteiger partial charge on any atom is 0.327 e. The smallest absolute Gasteiger partial charge is 0.327 e. The summed E-state index contributed by atoms with van der Waals surface area (Å²) in [5.41, 5.74) is 6.88. The fourth-order valence-electron chi connectivity index (χ4n) is 4.06. The molecule has 1 aliphatic heterocycles. The normalized spacial score (nSPS) is 20.1. The van der Waals surface area contributed by atoms with Gasteiger partial charge in [-0.2, -0.15) is 9.97 Å². The number of H-pyrrole nitrogens is 1. The minimum Gasteiger partial charge on any atom is -0.463 e. The van der Waals surface area contributed by atoms with Crippen molar-refractivity contribution in [1.29, 1.82) is 0 Å². The molecule has 0 bridgehead atoms. The highest BCUT2D eigenvalue weighted by Gasteiger charge is 2.23. The number of aryl methyl sites for hydroxylation is 1. The summed E-state index contributed by atoms with van der Waals surface area (Å²) in [7, 11) is 0. The Morgan fingerprint density at radius 2 is 2.04 bits per heavy atom. The van der Waals surface area contributed by atoms with Gasteiger partial charge in [0.15, 0.2) is 11.5 Å². The molecule has 1 aliphatic rings. The van der Waals surface area contributed by atoms with Gasteiger partial charge in [-0.3, -0.25) is 4.57 Å². The zero-order valence-corrected chi connectivity index (χ0v) is 17.5. The van der Waals surface area contributed by atoms with E-state index in [0.29, 0.717) is 30.4 Å². The Hall–Kier alpha value is -2.09. The molecular formula is C20H35N6O2+. The average Bonchev–Trinajstić information content (AvgIpc) is 2.99. The van der Waals surface area contributed by atoms with Crippen LogP contribution in [0.15, 0.2) is 4.79 Å². The number of aromatic amines is 1. The number of nitrogens with two attached hydrogens (primary N) is 1. The zero-order valence-electron chi connectivity index (χ0n) is 17.5. The third kappa shape index (κ3) is 4.84. The first kappa shape index (κ1) is 20.6. The van der Waals surface area contributed by atoms with Gasteiger partial charge in [0.25, 0.3) is 0 Å². The molecule has 0 aromatic carbocycles. The molecule has 0 amide bonds. The Labute approximate surface area is 166 Å². The number of aromatic nitrogens is 4. The number of unbranched alkanes of at least 4 members (excludes halogenated alkanes) is 1. The molecule has 28 heavy (non-hydrogen) atoms. The molecule has 0 radical (unpaired) electrons. The molecule has 2 aromatic heterocycles. The zero-order chi connectivity index (χ0) is 20.1. The van der Waals surface area contributed by atoms with Gasteiger partial charge in [-0.15, -0.1) is 0 Å². The standard InChI is InChI=1S/C20H34N6O2/c1-4-5-13-28-19-23-17(21)16-18(24-19)26(20(27)22-16)10-6-7-15-8-11-25(12-9-15)14(2)3/h14-15H,4-13H2,1-3H3,(H,22,27)(H2,21,23,24)/p+1. The van der Waals surface area contributed by atoms with Crippen molar-refractivity contribution >= 4 is 17.0 Å². The monoisotopic (exact) mass is 391 g/mol. The molecule has 0 aliphatic carbocycles. The maximum atomic E-state index is 12.4. The van der Waals surface area contributed by atoms with Crippen LogP contribution in [0.5, 0.6) is 6.01 Å². The molecule has 3 rings (SSSR count). The van der Waals surface area contributed by atoms with E-state index in [4.69, 9.17) is 10.5 Å². The van der Waals surface area contributed by atoms with E-state index >= 15 is 0 Å². The van der Waals surface area contributed by atoms with Gasteiger partial charge in [0.2, 0.25) is 0 Å². The number of ether oxygens (including phenoxy) is 1. The minimum absolute atomic E-state index is 0.180. The molecule has 1 fully saturated rings. The number of quaternary nitrogens is 1. The first-order chi connectivity index (χ1) is 13.5. The molecule has 0 unspecified atom stereocenters. The molecule has 2 aromatic rings. The molecule has 0 saturated carbocycles. The van der Waals surface area contributed by atoms with E-state index in [-0.39, 0.29) is 17.5 Å². The summed E-state index contributed by atoms with van der Waals surface area (Å²) in [6.07, 6.45) is 6.62. The number of anilines is 1. The van der Waals surface area contributed by atoms with Crippen LogP contribution in [0.3, 0.4) is 0 Å². The van der Waals surface area contributed by atoms with Crippen LogP contribution >= 0.6 is 0 Å². The van der Waals surface area contributed by atoms with Gasteiger partial charge in [-0.1, -0.05) is 13.3 Å². The number of hydrogen-bond donors (Lipinski definition) is 3. The summed E-state index contributed by atoms with van der Waals surface area (Å²) in [5.74, 6) is 1.02. The van der Waals surface area contributed by atoms with Crippen molar-refractivity contribution in [2.45, 2.75) is 71.9 Å². The minimum atomic E-state index is -0.180. The lowest BCUT2D eigenvalue weighted by atomic mass is 9.91. The predicted molar refractivity (Wildman–Crippen MR) is 111 cm³/mol. The Morgan fingerprint density at radius 1 is 1.29 bits per heavy atom. The molecule has 3 heterocycles. The second-order valence-electron chi connectivity index (χ2n) is 8.27. The first-order valence-corrected chi connectivity index (χ1v) is 10.7. The fraction of sp³-hybridized carbons (Fsp3) is 0.750. The molecule has 8 nitrogen and oxygen atoms in total. The number of rotatable bonds is 9. The van der Waals surface area contributed by atoms with Crippen molar-refractivity contribution in [2.24, 2.45) is 5.92 Å². The van der Waals surface area contributed by atoms with Gasteiger partial charge < -0.3 is 20.4 Å². The molecule has 0 spiro atoms. The van der Waals surface area contributed by atoms with Crippen LogP contribution in [0, 0.1) is 5.92 Å². The van der Waals surface area contributed by atoms with Crippen LogP contribution in [0.25, 0.3) is 11.2 Å². The number of imidazole rings is 1. The number of likely N-dealkylation sites (tertiary alicyclic amines) is 1. The summed E-state index contributed by atoms with van der Waals surface area (Å²) < 4.78 is 7.27. The Bertz CT molecular complexity index is 820. The van der Waals surface area contributed by atoms with E-state index in [9.17, 15) is 4.79 Å². The summed E-state index contributed by atoms with van der Waals surface area (Å²) >= 11 is 0. The van der Waals surface area contributed by atoms with Crippen molar-refractivity contribution in [3.63, 3.8) is 0 Å². The lowest BCUT2D eigenvalue weighted by Gasteiger charge is -2.31. The van der Waals surface area contributed by atoms with Crippen molar-refractivity contribution in [2.75, 3.05) is 25.4 Å². The Kier molecular flexibility index (Phi) is 6.93. The molecule has 8 heteroatoms. The number of piperidine rings is 1. The summed E-state index contributed by atoms with van der Waals surface area (Å²) in [6.45, 7) is 10.4. The number of nitrogen functional groups attached to an aromatic ring is 1. The highest BCUT2D eigenvalue weighted by molar-refractivity contribution is 5.81. The quantitative estimate of drug-likeness (QED) is 0.560. The number of nitrogens with one attached hydrogen (secondary N) is 2. The van der Waals surface area contributed by atoms with E-state index in [0.717, 1.165) is 31.6 Å². The molecule has 1 saturated heterocycles. The number of hydrogen-bond acceptors (Lipinski definition) is 5. The SMILES string of the molecule is CCCCOc1nc(N)c2[nH]c(=O)n(CCCC3CC[NH+](C(C)C)CC3)c2n1. The Balaban J connectivity index is 1.62. The van der Waals surface area contributed by atoms with E-state index in [2.05, 4.69) is 35.7 Å². The second-order valence-corrected chi connectivity index (χ2v) is 8.27. The largest absolute Gasteiger partial charge is 0.463 e. The van der Waals surface area contributed by atoms with Crippen molar-refractivity contribution in [3.8, 4) is 6.01 Å². The van der Waals surface area contributed by atoms with Crippen LogP contribution in [-0.4, -0.2) is 45.3 Å². The van der Waals surface area contributed by atoms with Gasteiger partial charge in [-0.05, 0) is 51.9 Å². The van der Waals surface area contributed by atoms with Crippen molar-refractivity contribution in [3.05, 3.63) is 10.5 Å². The molecular weight excluding hydrogens is 356 g/mol. The van der Waals surface area contributed by atoms with E-state index in [1.165, 1.54) is 25.9 Å². The van der Waals surface area contributed by atoms with Gasteiger partial charge in [0.1, 0.15) is 5.52 Å². The Morgan fingerprint density at radius 3 is 2.71 bits per heavy atom. The molecule has 156 valence electrons. The summed E-state index contributed by atoms with van der Waals surface area (Å²) in [6, 6.07) is 0.958. The maximum absolute atomic E-state index is 12.4. The lowest BCUT2D eigenvalue weighted by Crippen LogP contribution is -3.15. The van der Waals surface area contributed by atoms with Crippen LogP contribution < -0.4 is 21.1 Å². The average molecular weight is 392 g/mol. The number of nitrogens with zero attached hydrogens (tertiary/aromatic N) is 3. The fourth-order valence-corrected chi connectivity index (χ4v) is 4.06. The van der Waals surface area contributed by atoms with Gasteiger partial charge in [-0.25, -0.2) is 4.79 Å². The van der Waals surface area contributed by atoms with Gasteiger partial charge in [0, 0.05) is 6.54 Å². The van der Waals surface area contributed by atoms with E-state index in [1.807, 2.05) is 0 Å². The lowest BCUT2D eigenvalue weighted by molar-refractivity contribution is -0.927. The van der Waals surface area contributed by atoms with Crippen molar-refractivity contribution < 1.29 is 9.64 Å². The van der Waals surface area contributed by atoms with Gasteiger partial charge >= 0.3 is 11.7 Å². The topological polar surface area (TPSA) is 103 Å². The third-order valence-electron chi connectivity index (χ3n) is 5.92. The highest BCUT2D eigenvalue weighted by Crippen LogP contribution is 2.20. The second kappa shape index (κ2) is 9.41. The highest BCUT2D eigenvalue weighted by atomic mass is 16.5. The number of fused-ring (bicyclic) bond motifs is 1. The molecule has 0 atom stereocenters. The molecule has 4 N–H and O–H groups in total. The van der Waals surface area contributed by atoms with E-state index < -0.39 is 0 Å². The van der Waals surface area contributed by atoms with Gasteiger partial charge in [0.05, 0.1) is 25.7 Å².